The van der Waals surface area contributed by atoms with E-state index in [1.807, 2.05) is 0 Å². The molecule has 0 radical (unpaired) electrons. The molecule has 3 rings (SSSR count). The SMILES string of the molecule is O=C(NCc1ccc(OC(F)F)cc1)c1cccc(N2CCCS2(=O)=O)c1. The van der Waals surface area contributed by atoms with Crippen LogP contribution in [0.4, 0.5) is 14.5 Å². The summed E-state index contributed by atoms with van der Waals surface area (Å²) in [6.07, 6.45) is 0.560. The highest BCUT2D eigenvalue weighted by molar-refractivity contribution is 7.93. The molecule has 6 nitrogen and oxygen atoms in total. The normalized spacial score (nSPS) is 15.7. The Morgan fingerprint density at radius 1 is 1.19 bits per heavy atom. The smallest absolute Gasteiger partial charge is 0.387 e. The monoisotopic (exact) mass is 396 g/mol. The highest BCUT2D eigenvalue weighted by Gasteiger charge is 2.28. The average Bonchev–Trinajstić information content (AvgIpc) is 2.99. The van der Waals surface area contributed by atoms with Gasteiger partial charge in [-0.15, -0.1) is 0 Å². The number of nitrogens with one attached hydrogen (secondary N) is 1. The molecule has 0 spiro atoms. The first kappa shape index (κ1) is 19.1. The Bertz CT molecular complexity index is 917. The molecule has 1 amide bonds. The van der Waals surface area contributed by atoms with Crippen LogP contribution >= 0.6 is 0 Å². The van der Waals surface area contributed by atoms with E-state index in [9.17, 15) is 22.0 Å². The Kier molecular flexibility index (Phi) is 5.59. The topological polar surface area (TPSA) is 75.7 Å². The molecule has 0 atom stereocenters. The van der Waals surface area contributed by atoms with Crippen LogP contribution in [-0.4, -0.2) is 33.2 Å². The second-order valence-corrected chi connectivity index (χ2v) is 8.01. The molecule has 0 aliphatic carbocycles. The number of alkyl halides is 2. The van der Waals surface area contributed by atoms with Crippen LogP contribution in [0.1, 0.15) is 22.3 Å². The fourth-order valence-corrected chi connectivity index (χ4v) is 4.36. The number of hydrogen-bond acceptors (Lipinski definition) is 4. The van der Waals surface area contributed by atoms with Gasteiger partial charge in [-0.3, -0.25) is 9.10 Å². The maximum atomic E-state index is 12.4. The van der Waals surface area contributed by atoms with E-state index in [2.05, 4.69) is 10.1 Å². The number of rotatable bonds is 6. The number of carbonyl (C=O) groups excluding carboxylic acids is 1. The summed E-state index contributed by atoms with van der Waals surface area (Å²) < 4.78 is 53.9. The molecule has 1 fully saturated rings. The van der Waals surface area contributed by atoms with E-state index in [0.29, 0.717) is 29.8 Å². The standard InChI is InChI=1S/C18H18F2N2O4S/c19-18(20)26-16-7-5-13(6-8-16)12-21-17(23)14-3-1-4-15(11-14)22-9-2-10-27(22,24)25/h1,3-8,11,18H,2,9-10,12H2,(H,21,23). The van der Waals surface area contributed by atoms with Gasteiger partial charge in [0.1, 0.15) is 5.75 Å². The molecule has 144 valence electrons. The maximum absolute atomic E-state index is 12.4. The van der Waals surface area contributed by atoms with Crippen molar-refractivity contribution in [2.75, 3.05) is 16.6 Å². The van der Waals surface area contributed by atoms with Crippen molar-refractivity contribution < 1.29 is 26.7 Å². The summed E-state index contributed by atoms with van der Waals surface area (Å²) in [6.45, 7) is -2.29. The number of hydrogen-bond donors (Lipinski definition) is 1. The van der Waals surface area contributed by atoms with Gasteiger partial charge in [0, 0.05) is 18.7 Å². The van der Waals surface area contributed by atoms with Gasteiger partial charge in [0.2, 0.25) is 10.0 Å². The van der Waals surface area contributed by atoms with Crippen molar-refractivity contribution in [1.82, 2.24) is 5.32 Å². The van der Waals surface area contributed by atoms with Crippen molar-refractivity contribution in [3.8, 4) is 5.75 Å². The van der Waals surface area contributed by atoms with Crippen LogP contribution in [0, 0.1) is 0 Å². The van der Waals surface area contributed by atoms with Crippen LogP contribution in [0.15, 0.2) is 48.5 Å². The van der Waals surface area contributed by atoms with E-state index in [1.54, 1.807) is 30.3 Å². The second kappa shape index (κ2) is 7.91. The minimum Gasteiger partial charge on any atom is -0.435 e. The van der Waals surface area contributed by atoms with Crippen molar-refractivity contribution in [2.45, 2.75) is 19.6 Å². The van der Waals surface area contributed by atoms with Crippen molar-refractivity contribution in [3.63, 3.8) is 0 Å². The zero-order valence-electron chi connectivity index (χ0n) is 14.3. The molecule has 1 N–H and O–H groups in total. The van der Waals surface area contributed by atoms with Crippen molar-refractivity contribution in [3.05, 3.63) is 59.7 Å². The van der Waals surface area contributed by atoms with E-state index in [1.165, 1.54) is 22.5 Å². The Hall–Kier alpha value is -2.68. The highest BCUT2D eigenvalue weighted by Crippen LogP contribution is 2.24. The number of halogens is 2. The average molecular weight is 396 g/mol. The summed E-state index contributed by atoms with van der Waals surface area (Å²) in [5, 5.41) is 2.72. The summed E-state index contributed by atoms with van der Waals surface area (Å²) in [4.78, 5) is 12.4. The predicted molar refractivity (Wildman–Crippen MR) is 96.4 cm³/mol. The summed E-state index contributed by atoms with van der Waals surface area (Å²) in [7, 11) is -3.31. The zero-order chi connectivity index (χ0) is 19.4. The van der Waals surface area contributed by atoms with Gasteiger partial charge in [-0.25, -0.2) is 8.42 Å². The molecule has 1 aliphatic heterocycles. The lowest BCUT2D eigenvalue weighted by atomic mass is 10.1. The number of sulfonamides is 1. The van der Waals surface area contributed by atoms with E-state index in [4.69, 9.17) is 0 Å². The van der Waals surface area contributed by atoms with Crippen molar-refractivity contribution in [1.29, 1.82) is 0 Å². The minimum absolute atomic E-state index is 0.0413. The quantitative estimate of drug-likeness (QED) is 0.815. The van der Waals surface area contributed by atoms with Gasteiger partial charge in [0.25, 0.3) is 5.91 Å². The molecular formula is C18H18F2N2O4S. The van der Waals surface area contributed by atoms with E-state index in [0.717, 1.165) is 0 Å². The molecule has 2 aromatic rings. The third-order valence-electron chi connectivity index (χ3n) is 4.10. The highest BCUT2D eigenvalue weighted by atomic mass is 32.2. The molecule has 1 heterocycles. The molecule has 2 aromatic carbocycles. The Balaban J connectivity index is 1.64. The largest absolute Gasteiger partial charge is 0.435 e. The Morgan fingerprint density at radius 2 is 1.93 bits per heavy atom. The molecule has 0 saturated carbocycles. The molecule has 9 heteroatoms. The van der Waals surface area contributed by atoms with Crippen LogP contribution in [0.3, 0.4) is 0 Å². The van der Waals surface area contributed by atoms with Crippen molar-refractivity contribution >= 4 is 21.6 Å². The fraction of sp³-hybridized carbons (Fsp3) is 0.278. The molecule has 0 bridgehead atoms. The molecule has 1 aliphatic rings. The number of amides is 1. The molecule has 0 unspecified atom stereocenters. The van der Waals surface area contributed by atoms with Crippen LogP contribution in [-0.2, 0) is 16.6 Å². The van der Waals surface area contributed by atoms with Gasteiger partial charge in [0.05, 0.1) is 11.4 Å². The third-order valence-corrected chi connectivity index (χ3v) is 5.97. The van der Waals surface area contributed by atoms with Crippen molar-refractivity contribution in [2.24, 2.45) is 0 Å². The van der Waals surface area contributed by atoms with Gasteiger partial charge in [-0.05, 0) is 42.3 Å². The van der Waals surface area contributed by atoms with Crippen LogP contribution in [0.5, 0.6) is 5.75 Å². The second-order valence-electron chi connectivity index (χ2n) is 6.00. The Labute approximate surface area is 155 Å². The van der Waals surface area contributed by atoms with Crippen LogP contribution in [0.2, 0.25) is 0 Å². The number of nitrogens with zero attached hydrogens (tertiary/aromatic N) is 1. The predicted octanol–water partition coefficient (Wildman–Crippen LogP) is 2.76. The molecule has 0 aromatic heterocycles. The van der Waals surface area contributed by atoms with Gasteiger partial charge in [-0.1, -0.05) is 18.2 Å². The fourth-order valence-electron chi connectivity index (χ4n) is 2.80. The minimum atomic E-state index is -3.31. The Morgan fingerprint density at radius 3 is 2.56 bits per heavy atom. The molecular weight excluding hydrogens is 378 g/mol. The molecule has 1 saturated heterocycles. The van der Waals surface area contributed by atoms with E-state index >= 15 is 0 Å². The maximum Gasteiger partial charge on any atom is 0.387 e. The van der Waals surface area contributed by atoms with Crippen LogP contribution < -0.4 is 14.4 Å². The lowest BCUT2D eigenvalue weighted by molar-refractivity contribution is -0.0498. The number of anilines is 1. The number of ether oxygens (including phenoxy) is 1. The van der Waals surface area contributed by atoms with Gasteiger partial charge < -0.3 is 10.1 Å². The van der Waals surface area contributed by atoms with Gasteiger partial charge >= 0.3 is 6.61 Å². The van der Waals surface area contributed by atoms with E-state index in [-0.39, 0.29) is 24.0 Å². The van der Waals surface area contributed by atoms with Crippen LogP contribution in [0.25, 0.3) is 0 Å². The summed E-state index contributed by atoms with van der Waals surface area (Å²) in [5.41, 5.74) is 1.52. The zero-order valence-corrected chi connectivity index (χ0v) is 15.1. The lowest BCUT2D eigenvalue weighted by Gasteiger charge is -2.17. The first-order valence-corrected chi connectivity index (χ1v) is 9.88. The first-order valence-electron chi connectivity index (χ1n) is 8.27. The van der Waals surface area contributed by atoms with Gasteiger partial charge in [-0.2, -0.15) is 8.78 Å². The number of benzene rings is 2. The van der Waals surface area contributed by atoms with Gasteiger partial charge in [0.15, 0.2) is 0 Å². The lowest BCUT2D eigenvalue weighted by Crippen LogP contribution is -2.26. The summed E-state index contributed by atoms with van der Waals surface area (Å²) in [5.74, 6) is -0.213. The first-order chi connectivity index (χ1) is 12.8. The summed E-state index contributed by atoms with van der Waals surface area (Å²) in [6, 6.07) is 12.4. The summed E-state index contributed by atoms with van der Waals surface area (Å²) >= 11 is 0. The number of carbonyl (C=O) groups is 1. The third kappa shape index (κ3) is 4.73. The van der Waals surface area contributed by atoms with E-state index < -0.39 is 16.6 Å². The molecule has 27 heavy (non-hydrogen) atoms.